The molecule has 114 valence electrons. The summed E-state index contributed by atoms with van der Waals surface area (Å²) in [6.07, 6.45) is -0.145. The summed E-state index contributed by atoms with van der Waals surface area (Å²) in [6, 6.07) is 4.50. The van der Waals surface area contributed by atoms with Crippen molar-refractivity contribution in [3.63, 3.8) is 0 Å². The fourth-order valence-electron chi connectivity index (χ4n) is 1.68. The topological polar surface area (TPSA) is 50.1 Å². The number of alkyl halides is 4. The van der Waals surface area contributed by atoms with E-state index in [1.807, 2.05) is 6.07 Å². The van der Waals surface area contributed by atoms with Gasteiger partial charge >= 0.3 is 11.5 Å². The standard InChI is InChI=1S/C13H11BrF3NO2S/c1-2-20-12(19)5-8-3-4-11(21-13(15,16)17)9(6-14)10(8)7-18/h3-4H,2,5-6H2,1H3. The molecular weight excluding hydrogens is 371 g/mol. The van der Waals surface area contributed by atoms with Gasteiger partial charge in [-0.3, -0.25) is 4.79 Å². The molecule has 0 saturated heterocycles. The summed E-state index contributed by atoms with van der Waals surface area (Å²) >= 11 is 2.81. The van der Waals surface area contributed by atoms with E-state index >= 15 is 0 Å². The van der Waals surface area contributed by atoms with E-state index in [2.05, 4.69) is 15.9 Å². The normalized spacial score (nSPS) is 11.0. The first-order chi connectivity index (χ1) is 9.82. The van der Waals surface area contributed by atoms with Gasteiger partial charge in [-0.2, -0.15) is 18.4 Å². The van der Waals surface area contributed by atoms with E-state index in [0.717, 1.165) is 0 Å². The van der Waals surface area contributed by atoms with Gasteiger partial charge in [0, 0.05) is 10.2 Å². The minimum absolute atomic E-state index is 0.0523. The van der Waals surface area contributed by atoms with Gasteiger partial charge in [-0.25, -0.2) is 0 Å². The number of thioether (sulfide) groups is 1. The van der Waals surface area contributed by atoms with Crippen molar-refractivity contribution in [3.05, 3.63) is 28.8 Å². The summed E-state index contributed by atoms with van der Waals surface area (Å²) in [5.41, 5.74) is -3.78. The van der Waals surface area contributed by atoms with E-state index in [9.17, 15) is 23.2 Å². The molecule has 0 aliphatic heterocycles. The molecule has 0 heterocycles. The molecule has 0 aliphatic carbocycles. The molecular formula is C13H11BrF3NO2S. The third-order valence-electron chi connectivity index (χ3n) is 2.47. The lowest BCUT2D eigenvalue weighted by atomic mass is 10.0. The Labute approximate surface area is 132 Å². The van der Waals surface area contributed by atoms with Crippen LogP contribution in [0.3, 0.4) is 0 Å². The molecule has 0 atom stereocenters. The number of hydrogen-bond donors (Lipinski definition) is 0. The van der Waals surface area contributed by atoms with Gasteiger partial charge in [0.2, 0.25) is 0 Å². The molecule has 0 saturated carbocycles. The van der Waals surface area contributed by atoms with Crippen LogP contribution in [0.15, 0.2) is 17.0 Å². The van der Waals surface area contributed by atoms with Crippen LogP contribution < -0.4 is 0 Å². The average molecular weight is 382 g/mol. The minimum Gasteiger partial charge on any atom is -0.466 e. The van der Waals surface area contributed by atoms with Crippen molar-refractivity contribution in [2.45, 2.75) is 29.1 Å². The predicted molar refractivity (Wildman–Crippen MR) is 76.0 cm³/mol. The Kier molecular flexibility index (Phi) is 6.55. The van der Waals surface area contributed by atoms with Crippen molar-refractivity contribution < 1.29 is 22.7 Å². The van der Waals surface area contributed by atoms with E-state index in [1.165, 1.54) is 12.1 Å². The van der Waals surface area contributed by atoms with Gasteiger partial charge in [0.25, 0.3) is 0 Å². The van der Waals surface area contributed by atoms with Crippen molar-refractivity contribution >= 4 is 33.7 Å². The smallest absolute Gasteiger partial charge is 0.446 e. The highest BCUT2D eigenvalue weighted by Crippen LogP contribution is 2.40. The fraction of sp³-hybridized carbons (Fsp3) is 0.385. The molecule has 21 heavy (non-hydrogen) atoms. The van der Waals surface area contributed by atoms with Crippen LogP contribution in [0, 0.1) is 11.3 Å². The summed E-state index contributed by atoms with van der Waals surface area (Å²) in [5.74, 6) is -0.522. The maximum absolute atomic E-state index is 12.5. The zero-order valence-electron chi connectivity index (χ0n) is 11.0. The molecule has 0 bridgehead atoms. The van der Waals surface area contributed by atoms with Crippen molar-refractivity contribution in [1.29, 1.82) is 5.26 Å². The Hall–Kier alpha value is -1.20. The number of nitriles is 1. The van der Waals surface area contributed by atoms with Crippen molar-refractivity contribution in [2.24, 2.45) is 0 Å². The second kappa shape index (κ2) is 7.71. The molecule has 0 radical (unpaired) electrons. The molecule has 1 rings (SSSR count). The number of benzene rings is 1. The highest BCUT2D eigenvalue weighted by atomic mass is 79.9. The van der Waals surface area contributed by atoms with Gasteiger partial charge in [-0.15, -0.1) is 0 Å². The fourth-order valence-corrected chi connectivity index (χ4v) is 3.14. The Morgan fingerprint density at radius 3 is 2.62 bits per heavy atom. The van der Waals surface area contributed by atoms with Gasteiger partial charge in [0.15, 0.2) is 0 Å². The van der Waals surface area contributed by atoms with Gasteiger partial charge in [0.1, 0.15) is 0 Å². The molecule has 0 amide bonds. The van der Waals surface area contributed by atoms with E-state index in [0.29, 0.717) is 5.56 Å². The van der Waals surface area contributed by atoms with Crippen LogP contribution in [0.5, 0.6) is 0 Å². The first-order valence-corrected chi connectivity index (χ1v) is 7.78. The molecule has 0 aromatic heterocycles. The molecule has 0 spiro atoms. The first kappa shape index (κ1) is 17.9. The van der Waals surface area contributed by atoms with E-state index in [-0.39, 0.29) is 46.1 Å². The van der Waals surface area contributed by atoms with Crippen LogP contribution >= 0.6 is 27.7 Å². The number of carbonyl (C=O) groups excluding carboxylic acids is 1. The number of halogens is 4. The monoisotopic (exact) mass is 381 g/mol. The summed E-state index contributed by atoms with van der Waals surface area (Å²) in [4.78, 5) is 11.4. The molecule has 0 fully saturated rings. The second-order valence-corrected chi connectivity index (χ2v) is 5.52. The highest BCUT2D eigenvalue weighted by molar-refractivity contribution is 9.08. The third kappa shape index (κ3) is 5.25. The first-order valence-electron chi connectivity index (χ1n) is 5.84. The van der Waals surface area contributed by atoms with Gasteiger partial charge in [-0.1, -0.05) is 22.0 Å². The number of rotatable bonds is 5. The molecule has 0 N–H and O–H groups in total. The molecule has 8 heteroatoms. The van der Waals surface area contributed by atoms with Gasteiger partial charge in [-0.05, 0) is 35.9 Å². The van der Waals surface area contributed by atoms with Crippen molar-refractivity contribution in [3.8, 4) is 6.07 Å². The quantitative estimate of drug-likeness (QED) is 0.436. The lowest BCUT2D eigenvalue weighted by molar-refractivity contribution is -0.142. The van der Waals surface area contributed by atoms with Crippen LogP contribution in [0.25, 0.3) is 0 Å². The second-order valence-electron chi connectivity index (χ2n) is 3.85. The van der Waals surface area contributed by atoms with E-state index in [1.54, 1.807) is 6.92 Å². The molecule has 3 nitrogen and oxygen atoms in total. The SMILES string of the molecule is CCOC(=O)Cc1ccc(SC(F)(F)F)c(CBr)c1C#N. The van der Waals surface area contributed by atoms with Crippen LogP contribution in [-0.2, 0) is 21.3 Å². The third-order valence-corrected chi connectivity index (χ3v) is 3.86. The number of carbonyl (C=O) groups is 1. The summed E-state index contributed by atoms with van der Waals surface area (Å²) in [7, 11) is 0. The Morgan fingerprint density at radius 1 is 1.48 bits per heavy atom. The van der Waals surface area contributed by atoms with Crippen LogP contribution in [0.1, 0.15) is 23.6 Å². The maximum Gasteiger partial charge on any atom is 0.446 e. The van der Waals surface area contributed by atoms with E-state index < -0.39 is 11.5 Å². The van der Waals surface area contributed by atoms with Crippen LogP contribution in [-0.4, -0.2) is 18.1 Å². The number of ether oxygens (including phenoxy) is 1. The maximum atomic E-state index is 12.5. The Morgan fingerprint density at radius 2 is 2.14 bits per heavy atom. The Bertz CT molecular complexity index is 570. The summed E-state index contributed by atoms with van der Waals surface area (Å²) < 4.78 is 42.3. The highest BCUT2D eigenvalue weighted by Gasteiger charge is 2.31. The number of nitrogens with zero attached hydrogens (tertiary/aromatic N) is 1. The zero-order valence-corrected chi connectivity index (χ0v) is 13.4. The zero-order chi connectivity index (χ0) is 16.0. The molecule has 1 aromatic rings. The largest absolute Gasteiger partial charge is 0.466 e. The van der Waals surface area contributed by atoms with Crippen LogP contribution in [0.4, 0.5) is 13.2 Å². The minimum atomic E-state index is -4.44. The molecule has 0 unspecified atom stereocenters. The predicted octanol–water partition coefficient (Wildman–Crippen LogP) is 4.17. The summed E-state index contributed by atoms with van der Waals surface area (Å²) in [5, 5.41) is 9.27. The van der Waals surface area contributed by atoms with Gasteiger partial charge in [0.05, 0.1) is 24.7 Å². The number of esters is 1. The van der Waals surface area contributed by atoms with Crippen molar-refractivity contribution in [2.75, 3.05) is 6.61 Å². The number of hydrogen-bond acceptors (Lipinski definition) is 4. The van der Waals surface area contributed by atoms with E-state index in [4.69, 9.17) is 4.74 Å². The van der Waals surface area contributed by atoms with Gasteiger partial charge < -0.3 is 4.74 Å². The van der Waals surface area contributed by atoms with Crippen molar-refractivity contribution in [1.82, 2.24) is 0 Å². The molecule has 1 aromatic carbocycles. The Balaban J connectivity index is 3.20. The molecule has 0 aliphatic rings. The van der Waals surface area contributed by atoms with Crippen LogP contribution in [0.2, 0.25) is 0 Å². The average Bonchev–Trinajstić information content (AvgIpc) is 2.38. The lowest BCUT2D eigenvalue weighted by Gasteiger charge is -2.13. The summed E-state index contributed by atoms with van der Waals surface area (Å²) in [6.45, 7) is 1.85. The lowest BCUT2D eigenvalue weighted by Crippen LogP contribution is -2.10.